The van der Waals surface area contributed by atoms with Gasteiger partial charge in [-0.05, 0) is 36.8 Å². The molecule has 6 nitrogen and oxygen atoms in total. The smallest absolute Gasteiger partial charge is 0.233 e. The molecule has 2 atom stereocenters. The average Bonchev–Trinajstić information content (AvgIpc) is 3.54. The zero-order valence-electron chi connectivity index (χ0n) is 17.2. The van der Waals surface area contributed by atoms with E-state index in [1.165, 1.54) is 11.8 Å². The molecule has 1 amide bonds. The topological polar surface area (TPSA) is 60.2 Å². The van der Waals surface area contributed by atoms with E-state index in [9.17, 15) is 4.79 Å². The molecular formula is C22H26N4O2S2. The van der Waals surface area contributed by atoms with Crippen LogP contribution in [0.3, 0.4) is 0 Å². The summed E-state index contributed by atoms with van der Waals surface area (Å²) in [6.45, 7) is 3.57. The Labute approximate surface area is 185 Å². The number of hydrogen-bond acceptors (Lipinski definition) is 6. The molecule has 1 aliphatic rings. The highest BCUT2D eigenvalue weighted by atomic mass is 32.2. The number of carbonyl (C=O) groups excluding carboxylic acids is 1. The predicted octanol–water partition coefficient (Wildman–Crippen LogP) is 4.50. The van der Waals surface area contributed by atoms with Crippen LogP contribution in [0.5, 0.6) is 0 Å². The maximum atomic E-state index is 12.8. The second-order valence-corrected chi connectivity index (χ2v) is 9.30. The molecule has 0 bridgehead atoms. The summed E-state index contributed by atoms with van der Waals surface area (Å²) in [5.41, 5.74) is 1.12. The lowest BCUT2D eigenvalue weighted by Crippen LogP contribution is -2.31. The Bertz CT molecular complexity index is 953. The molecule has 158 valence electrons. The zero-order valence-corrected chi connectivity index (χ0v) is 18.9. The standard InChI is InChI=1S/C22H26N4O2S2/c1-16(17-8-4-3-5-9-17)25(2)20(27)15-30-22-24-23-21(19-11-7-13-29-19)26(22)14-18-10-6-12-28-18/h3-5,7-9,11,13,16,18H,6,10,12,14-15H2,1-2H3/t16-,18-/m1/s1. The summed E-state index contributed by atoms with van der Waals surface area (Å²) in [5.74, 6) is 1.24. The van der Waals surface area contributed by atoms with Crippen molar-refractivity contribution in [2.75, 3.05) is 19.4 Å². The van der Waals surface area contributed by atoms with Gasteiger partial charge in [0.1, 0.15) is 0 Å². The Kier molecular flexibility index (Phi) is 6.86. The fourth-order valence-electron chi connectivity index (χ4n) is 3.54. The Hall–Kier alpha value is -2.16. The van der Waals surface area contributed by atoms with Gasteiger partial charge in [0.2, 0.25) is 5.91 Å². The first-order valence-corrected chi connectivity index (χ1v) is 12.0. The lowest BCUT2D eigenvalue weighted by molar-refractivity contribution is -0.128. The van der Waals surface area contributed by atoms with Gasteiger partial charge in [0.25, 0.3) is 0 Å². The maximum absolute atomic E-state index is 12.8. The van der Waals surface area contributed by atoms with Gasteiger partial charge in [-0.15, -0.1) is 21.5 Å². The molecule has 0 spiro atoms. The van der Waals surface area contributed by atoms with Crippen molar-refractivity contribution in [3.05, 3.63) is 53.4 Å². The van der Waals surface area contributed by atoms with Crippen LogP contribution >= 0.6 is 23.1 Å². The molecule has 3 aromatic rings. The first-order valence-electron chi connectivity index (χ1n) is 10.2. The summed E-state index contributed by atoms with van der Waals surface area (Å²) in [5, 5.41) is 11.6. The summed E-state index contributed by atoms with van der Waals surface area (Å²) in [7, 11) is 1.86. The van der Waals surface area contributed by atoms with E-state index in [0.29, 0.717) is 12.3 Å². The van der Waals surface area contributed by atoms with Crippen LogP contribution in [0.15, 0.2) is 53.0 Å². The molecule has 8 heteroatoms. The predicted molar refractivity (Wildman–Crippen MR) is 121 cm³/mol. The number of rotatable bonds is 8. The van der Waals surface area contributed by atoms with Crippen molar-refractivity contribution >= 4 is 29.0 Å². The van der Waals surface area contributed by atoms with Gasteiger partial charge in [-0.25, -0.2) is 0 Å². The van der Waals surface area contributed by atoms with Crippen LogP contribution in [0.4, 0.5) is 0 Å². The van der Waals surface area contributed by atoms with Crippen molar-refractivity contribution in [2.24, 2.45) is 0 Å². The molecule has 30 heavy (non-hydrogen) atoms. The minimum Gasteiger partial charge on any atom is -0.376 e. The van der Waals surface area contributed by atoms with Crippen molar-refractivity contribution in [2.45, 2.75) is 43.6 Å². The minimum absolute atomic E-state index is 0.0192. The number of hydrogen-bond donors (Lipinski definition) is 0. The maximum Gasteiger partial charge on any atom is 0.233 e. The van der Waals surface area contributed by atoms with E-state index in [1.807, 2.05) is 55.7 Å². The van der Waals surface area contributed by atoms with E-state index in [1.54, 1.807) is 16.2 Å². The van der Waals surface area contributed by atoms with Crippen LogP contribution in [0.2, 0.25) is 0 Å². The molecule has 3 heterocycles. The van der Waals surface area contributed by atoms with Crippen molar-refractivity contribution in [3.8, 4) is 10.7 Å². The number of benzene rings is 1. The average molecular weight is 443 g/mol. The normalized spacial score (nSPS) is 17.2. The van der Waals surface area contributed by atoms with Crippen molar-refractivity contribution < 1.29 is 9.53 Å². The molecule has 0 unspecified atom stereocenters. The molecule has 2 aromatic heterocycles. The Morgan fingerprint density at radius 3 is 2.83 bits per heavy atom. The first kappa shape index (κ1) is 21.1. The van der Waals surface area contributed by atoms with Crippen LogP contribution in [-0.4, -0.2) is 51.1 Å². The molecular weight excluding hydrogens is 416 g/mol. The lowest BCUT2D eigenvalue weighted by Gasteiger charge is -2.25. The van der Waals surface area contributed by atoms with Crippen molar-refractivity contribution in [1.82, 2.24) is 19.7 Å². The quantitative estimate of drug-likeness (QED) is 0.481. The van der Waals surface area contributed by atoms with Gasteiger partial charge in [-0.1, -0.05) is 48.2 Å². The van der Waals surface area contributed by atoms with Crippen LogP contribution in [0.25, 0.3) is 10.7 Å². The fraction of sp³-hybridized carbons (Fsp3) is 0.409. The van der Waals surface area contributed by atoms with E-state index in [2.05, 4.69) is 20.8 Å². The number of nitrogens with zero attached hydrogens (tertiary/aromatic N) is 4. The van der Waals surface area contributed by atoms with Crippen LogP contribution in [0, 0.1) is 0 Å². The van der Waals surface area contributed by atoms with Crippen LogP contribution < -0.4 is 0 Å². The van der Waals surface area contributed by atoms with Gasteiger partial charge < -0.3 is 9.64 Å². The monoisotopic (exact) mass is 442 g/mol. The summed E-state index contributed by atoms with van der Waals surface area (Å²) < 4.78 is 7.95. The number of thiophene rings is 1. The van der Waals surface area contributed by atoms with Gasteiger partial charge >= 0.3 is 0 Å². The third-order valence-corrected chi connectivity index (χ3v) is 7.27. The highest BCUT2D eigenvalue weighted by Gasteiger charge is 2.24. The third-order valence-electron chi connectivity index (χ3n) is 5.45. The Balaban J connectivity index is 1.46. The van der Waals surface area contributed by atoms with Gasteiger partial charge in [0.15, 0.2) is 11.0 Å². The van der Waals surface area contributed by atoms with Gasteiger partial charge in [-0.2, -0.15) is 0 Å². The van der Waals surface area contributed by atoms with E-state index in [-0.39, 0.29) is 18.1 Å². The molecule has 1 saturated heterocycles. The SMILES string of the molecule is C[C@H](c1ccccc1)N(C)C(=O)CSc1nnc(-c2cccs2)n1C[C@H]1CCCO1. The molecule has 0 aliphatic carbocycles. The summed E-state index contributed by atoms with van der Waals surface area (Å²) in [6.07, 6.45) is 2.31. The minimum atomic E-state index is 0.0192. The Morgan fingerprint density at radius 1 is 1.30 bits per heavy atom. The van der Waals surface area contributed by atoms with Crippen molar-refractivity contribution in [3.63, 3.8) is 0 Å². The summed E-state index contributed by atoms with van der Waals surface area (Å²) in [4.78, 5) is 15.7. The Morgan fingerprint density at radius 2 is 2.13 bits per heavy atom. The van der Waals surface area contributed by atoms with Gasteiger partial charge in [0.05, 0.1) is 29.3 Å². The van der Waals surface area contributed by atoms with Gasteiger partial charge in [0, 0.05) is 13.7 Å². The van der Waals surface area contributed by atoms with Crippen molar-refractivity contribution in [1.29, 1.82) is 0 Å². The molecule has 0 radical (unpaired) electrons. The number of aromatic nitrogens is 3. The number of amides is 1. The largest absolute Gasteiger partial charge is 0.376 e. The van der Waals surface area contributed by atoms with E-state index in [4.69, 9.17) is 4.74 Å². The first-order chi connectivity index (χ1) is 14.6. The molecule has 1 aromatic carbocycles. The highest BCUT2D eigenvalue weighted by molar-refractivity contribution is 7.99. The molecule has 0 N–H and O–H groups in total. The summed E-state index contributed by atoms with van der Waals surface area (Å²) in [6, 6.07) is 14.2. The number of carbonyl (C=O) groups is 1. The lowest BCUT2D eigenvalue weighted by atomic mass is 10.1. The summed E-state index contributed by atoms with van der Waals surface area (Å²) >= 11 is 3.09. The molecule has 1 aliphatic heterocycles. The van der Waals surface area contributed by atoms with Crippen LogP contribution in [0.1, 0.15) is 31.4 Å². The second kappa shape index (κ2) is 9.76. The molecule has 1 fully saturated rings. The van der Waals surface area contributed by atoms with E-state index in [0.717, 1.165) is 40.9 Å². The van der Waals surface area contributed by atoms with Crippen LogP contribution in [-0.2, 0) is 16.1 Å². The molecule has 4 rings (SSSR count). The van der Waals surface area contributed by atoms with Gasteiger partial charge in [-0.3, -0.25) is 9.36 Å². The number of thioether (sulfide) groups is 1. The molecule has 0 saturated carbocycles. The third kappa shape index (κ3) is 4.77. The fourth-order valence-corrected chi connectivity index (χ4v) is 5.13. The zero-order chi connectivity index (χ0) is 20.9. The second-order valence-electron chi connectivity index (χ2n) is 7.41. The van der Waals surface area contributed by atoms with E-state index >= 15 is 0 Å². The van der Waals surface area contributed by atoms with E-state index < -0.39 is 0 Å². The highest BCUT2D eigenvalue weighted by Crippen LogP contribution is 2.29. The number of ether oxygens (including phenoxy) is 1.